The molecule has 1 amide bonds. The third-order valence-electron chi connectivity index (χ3n) is 5.33. The first-order chi connectivity index (χ1) is 14.7. The van der Waals surface area contributed by atoms with Crippen molar-refractivity contribution >= 4 is 34.7 Å². The van der Waals surface area contributed by atoms with Gasteiger partial charge in [-0.2, -0.15) is 0 Å². The first kappa shape index (κ1) is 21.9. The van der Waals surface area contributed by atoms with Crippen LogP contribution in [0.3, 0.4) is 0 Å². The molecule has 31 heavy (non-hydrogen) atoms. The summed E-state index contributed by atoms with van der Waals surface area (Å²) in [5.41, 5.74) is 1.61. The van der Waals surface area contributed by atoms with E-state index in [1.54, 1.807) is 34.4 Å². The number of likely N-dealkylation sites (tertiary alicyclic amines) is 1. The van der Waals surface area contributed by atoms with Gasteiger partial charge in [0.15, 0.2) is 6.10 Å². The molecule has 2 aliphatic heterocycles. The number of carbonyl (C=O) groups is 1. The summed E-state index contributed by atoms with van der Waals surface area (Å²) in [6, 6.07) is 5.01. The Morgan fingerprint density at radius 2 is 2.06 bits per heavy atom. The molecule has 4 rings (SSSR count). The zero-order valence-corrected chi connectivity index (χ0v) is 19.4. The van der Waals surface area contributed by atoms with Crippen LogP contribution in [0.2, 0.25) is 5.02 Å². The number of carbonyl (C=O) groups excluding carboxylic acids is 1. The molecule has 1 fully saturated rings. The monoisotopic (exact) mass is 463 g/mol. The van der Waals surface area contributed by atoms with Crippen LogP contribution in [0.5, 0.6) is 5.75 Å². The molecule has 0 saturated carbocycles. The van der Waals surface area contributed by atoms with Gasteiger partial charge < -0.3 is 19.6 Å². The molecule has 2 aromatic rings. The molecule has 1 saturated heterocycles. The Hall–Kier alpha value is -2.32. The predicted molar refractivity (Wildman–Crippen MR) is 120 cm³/mol. The van der Waals surface area contributed by atoms with E-state index in [4.69, 9.17) is 26.2 Å². The molecule has 1 unspecified atom stereocenters. The lowest BCUT2D eigenvalue weighted by Gasteiger charge is -2.32. The predicted octanol–water partition coefficient (Wildman–Crippen LogP) is 5.48. The Morgan fingerprint density at radius 1 is 1.32 bits per heavy atom. The summed E-state index contributed by atoms with van der Waals surface area (Å²) in [6.07, 6.45) is 1.52. The highest BCUT2D eigenvalue weighted by molar-refractivity contribution is 7.10. The van der Waals surface area contributed by atoms with Crippen molar-refractivity contribution in [1.82, 2.24) is 9.88 Å². The maximum atomic E-state index is 12.3. The van der Waals surface area contributed by atoms with Crippen LogP contribution in [-0.2, 0) is 9.57 Å². The Balaban J connectivity index is 1.36. The Bertz CT molecular complexity index is 973. The van der Waals surface area contributed by atoms with Gasteiger partial charge in [0, 0.05) is 30.8 Å². The fraction of sp³-hybridized carbons (Fsp3) is 0.500. The van der Waals surface area contributed by atoms with Crippen LogP contribution in [-0.4, -0.2) is 45.5 Å². The Kier molecular flexibility index (Phi) is 6.12. The van der Waals surface area contributed by atoms with E-state index in [0.717, 1.165) is 29.3 Å². The minimum atomic E-state index is -0.485. The molecule has 3 heterocycles. The molecule has 1 N–H and O–H groups in total. The number of halogens is 1. The number of nitrogens with zero attached hydrogens (tertiary/aromatic N) is 3. The number of piperidine rings is 1. The van der Waals surface area contributed by atoms with Crippen LogP contribution in [0.1, 0.15) is 68.3 Å². The molecule has 0 radical (unpaired) electrons. The number of aromatic nitrogens is 1. The number of aromatic hydroxyl groups is 1. The van der Waals surface area contributed by atoms with Crippen molar-refractivity contribution < 1.29 is 19.5 Å². The van der Waals surface area contributed by atoms with Gasteiger partial charge in [0.2, 0.25) is 0 Å². The third-order valence-corrected chi connectivity index (χ3v) is 6.67. The number of amides is 1. The van der Waals surface area contributed by atoms with Gasteiger partial charge in [-0.15, -0.1) is 11.3 Å². The number of ether oxygens (including phenoxy) is 1. The van der Waals surface area contributed by atoms with E-state index in [2.05, 4.69) is 5.16 Å². The number of phenolic OH excluding ortho intramolecular Hbond substituents is 1. The first-order valence-electron chi connectivity index (χ1n) is 10.3. The van der Waals surface area contributed by atoms with Crippen LogP contribution < -0.4 is 0 Å². The van der Waals surface area contributed by atoms with Gasteiger partial charge in [0.25, 0.3) is 0 Å². The highest BCUT2D eigenvalue weighted by Gasteiger charge is 2.31. The number of oxime groups is 1. The molecule has 9 heteroatoms. The smallest absolute Gasteiger partial charge is 0.410 e. The van der Waals surface area contributed by atoms with Crippen molar-refractivity contribution in [2.75, 3.05) is 13.1 Å². The van der Waals surface area contributed by atoms with Crippen LogP contribution in [0, 0.1) is 0 Å². The number of rotatable bonds is 3. The second-order valence-electron chi connectivity index (χ2n) is 8.82. The zero-order chi connectivity index (χ0) is 22.2. The molecular formula is C22H26ClN3O4S. The van der Waals surface area contributed by atoms with E-state index in [1.165, 1.54) is 0 Å². The van der Waals surface area contributed by atoms with Crippen molar-refractivity contribution in [3.05, 3.63) is 44.9 Å². The van der Waals surface area contributed by atoms with Gasteiger partial charge in [-0.05, 0) is 45.7 Å². The third kappa shape index (κ3) is 4.96. The molecule has 166 valence electrons. The lowest BCUT2D eigenvalue weighted by atomic mass is 9.97. The van der Waals surface area contributed by atoms with Crippen LogP contribution in [0.4, 0.5) is 4.79 Å². The number of hydrogen-bond acceptors (Lipinski definition) is 7. The molecule has 1 aromatic carbocycles. The van der Waals surface area contributed by atoms with E-state index in [9.17, 15) is 9.90 Å². The van der Waals surface area contributed by atoms with Crippen molar-refractivity contribution in [3.63, 3.8) is 0 Å². The molecule has 1 atom stereocenters. The minimum Gasteiger partial charge on any atom is -0.507 e. The van der Waals surface area contributed by atoms with E-state index in [0.29, 0.717) is 36.0 Å². The van der Waals surface area contributed by atoms with E-state index in [-0.39, 0.29) is 11.8 Å². The number of thiazole rings is 1. The molecule has 0 spiro atoms. The average Bonchev–Trinajstić information content (AvgIpc) is 3.36. The normalized spacial score (nSPS) is 19.8. The molecule has 2 aliphatic rings. The quantitative estimate of drug-likeness (QED) is 0.651. The van der Waals surface area contributed by atoms with Crippen LogP contribution in [0.25, 0.3) is 0 Å². The average molecular weight is 464 g/mol. The van der Waals surface area contributed by atoms with Gasteiger partial charge in [-0.25, -0.2) is 9.78 Å². The lowest BCUT2D eigenvalue weighted by molar-refractivity contribution is 0.0205. The standard InChI is InChI=1S/C22H26ClN3O4S/c1-22(2,3)29-21(28)26-9-7-13(8-10-26)20-24-16(12-31-20)15-11-18(30-25-15)19-14(23)5-4-6-17(19)27/h4-6,12-13,18,27H,7-11H2,1-3H3. The summed E-state index contributed by atoms with van der Waals surface area (Å²) >= 11 is 7.85. The summed E-state index contributed by atoms with van der Waals surface area (Å²) in [7, 11) is 0. The molecule has 0 aliphatic carbocycles. The maximum absolute atomic E-state index is 12.3. The number of phenols is 1. The first-order valence-corrected chi connectivity index (χ1v) is 11.6. The molecule has 7 nitrogen and oxygen atoms in total. The van der Waals surface area contributed by atoms with Gasteiger partial charge in [-0.1, -0.05) is 22.8 Å². The van der Waals surface area contributed by atoms with Crippen molar-refractivity contribution in [2.24, 2.45) is 5.16 Å². The largest absolute Gasteiger partial charge is 0.507 e. The minimum absolute atomic E-state index is 0.102. The summed E-state index contributed by atoms with van der Waals surface area (Å²) in [4.78, 5) is 24.4. The van der Waals surface area contributed by atoms with Crippen LogP contribution in [0.15, 0.2) is 28.7 Å². The number of hydrogen-bond donors (Lipinski definition) is 1. The van der Waals surface area contributed by atoms with Crippen LogP contribution >= 0.6 is 22.9 Å². The van der Waals surface area contributed by atoms with Crippen molar-refractivity contribution in [2.45, 2.75) is 57.7 Å². The SMILES string of the molecule is CC(C)(C)OC(=O)N1CCC(c2nc(C3=NOC(c4c(O)cccc4Cl)C3)cs2)CC1. The van der Waals surface area contributed by atoms with Gasteiger partial charge in [0.1, 0.15) is 17.1 Å². The fourth-order valence-electron chi connectivity index (χ4n) is 3.77. The van der Waals surface area contributed by atoms with Crippen molar-refractivity contribution in [3.8, 4) is 5.75 Å². The lowest BCUT2D eigenvalue weighted by Crippen LogP contribution is -2.41. The van der Waals surface area contributed by atoms with Crippen molar-refractivity contribution in [1.29, 1.82) is 0 Å². The second kappa shape index (κ2) is 8.67. The van der Waals surface area contributed by atoms with E-state index in [1.807, 2.05) is 26.2 Å². The topological polar surface area (TPSA) is 84.2 Å². The summed E-state index contributed by atoms with van der Waals surface area (Å²) in [5.74, 6) is 0.411. The highest BCUT2D eigenvalue weighted by atomic mass is 35.5. The van der Waals surface area contributed by atoms with E-state index >= 15 is 0 Å². The zero-order valence-electron chi connectivity index (χ0n) is 17.8. The highest BCUT2D eigenvalue weighted by Crippen LogP contribution is 2.39. The summed E-state index contributed by atoms with van der Waals surface area (Å²) in [6.45, 7) is 6.95. The summed E-state index contributed by atoms with van der Waals surface area (Å²) < 4.78 is 5.47. The van der Waals surface area contributed by atoms with Gasteiger partial charge in [0.05, 0.1) is 21.3 Å². The fourth-order valence-corrected chi connectivity index (χ4v) is 5.06. The maximum Gasteiger partial charge on any atom is 0.410 e. The number of benzene rings is 1. The Morgan fingerprint density at radius 3 is 2.74 bits per heavy atom. The molecule has 0 bridgehead atoms. The second-order valence-corrected chi connectivity index (χ2v) is 10.1. The molecular weight excluding hydrogens is 438 g/mol. The Labute approximate surface area is 190 Å². The van der Waals surface area contributed by atoms with Gasteiger partial charge >= 0.3 is 6.09 Å². The summed E-state index contributed by atoms with van der Waals surface area (Å²) in [5, 5.41) is 17.8. The van der Waals surface area contributed by atoms with E-state index < -0.39 is 11.7 Å². The van der Waals surface area contributed by atoms with Gasteiger partial charge in [-0.3, -0.25) is 0 Å². The molecule has 1 aromatic heterocycles.